The van der Waals surface area contributed by atoms with E-state index in [1.807, 2.05) is 20.8 Å². The molecule has 1 aromatic rings. The molecule has 0 amide bonds. The first kappa shape index (κ1) is 12.3. The molecule has 1 saturated carbocycles. The van der Waals surface area contributed by atoms with Crippen LogP contribution in [0.5, 0.6) is 0 Å². The van der Waals surface area contributed by atoms with E-state index in [1.54, 1.807) is 0 Å². The van der Waals surface area contributed by atoms with Gasteiger partial charge in [0.15, 0.2) is 0 Å². The maximum Gasteiger partial charge on any atom is 0.255 e. The fourth-order valence-electron chi connectivity index (χ4n) is 2.55. The van der Waals surface area contributed by atoms with Gasteiger partial charge in [0.2, 0.25) is 0 Å². The first-order valence-corrected chi connectivity index (χ1v) is 6.36. The van der Waals surface area contributed by atoms with Gasteiger partial charge in [-0.25, -0.2) is 4.98 Å². The average Bonchev–Trinajstić information content (AvgIpc) is 2.94. The molecule has 2 rings (SSSR count). The Kier molecular flexibility index (Phi) is 3.33. The lowest BCUT2D eigenvalue weighted by atomic mass is 10.1. The van der Waals surface area contributed by atoms with Gasteiger partial charge in [0.25, 0.3) is 5.56 Å². The number of aromatic amines is 1. The van der Waals surface area contributed by atoms with E-state index >= 15 is 0 Å². The van der Waals surface area contributed by atoms with E-state index in [0.717, 1.165) is 17.2 Å². The number of rotatable bonds is 4. The number of nitrogens with zero attached hydrogens (tertiary/aromatic N) is 1. The summed E-state index contributed by atoms with van der Waals surface area (Å²) >= 11 is 0. The van der Waals surface area contributed by atoms with Gasteiger partial charge in [0.1, 0.15) is 5.82 Å². The van der Waals surface area contributed by atoms with Crippen LogP contribution in [0.2, 0.25) is 0 Å². The van der Waals surface area contributed by atoms with Crippen LogP contribution in [0, 0.1) is 19.8 Å². The van der Waals surface area contributed by atoms with Crippen LogP contribution in [0.15, 0.2) is 4.79 Å². The Morgan fingerprint density at radius 2 is 2.24 bits per heavy atom. The maximum atomic E-state index is 11.9. The van der Waals surface area contributed by atoms with E-state index < -0.39 is 0 Å². The van der Waals surface area contributed by atoms with Crippen molar-refractivity contribution in [2.45, 2.75) is 52.6 Å². The Labute approximate surface area is 102 Å². The Bertz CT molecular complexity index is 466. The van der Waals surface area contributed by atoms with Crippen molar-refractivity contribution in [3.63, 3.8) is 0 Å². The number of aryl methyl sites for hydroxylation is 2. The molecule has 0 saturated heterocycles. The molecule has 1 aliphatic rings. The molecule has 1 aromatic heterocycles. The second kappa shape index (κ2) is 4.61. The molecule has 0 radical (unpaired) electrons. The van der Waals surface area contributed by atoms with Crippen LogP contribution in [-0.4, -0.2) is 16.0 Å². The van der Waals surface area contributed by atoms with Crippen LogP contribution in [0.3, 0.4) is 0 Å². The molecule has 17 heavy (non-hydrogen) atoms. The molecule has 3 unspecified atom stereocenters. The number of hydrogen-bond acceptors (Lipinski definition) is 3. The Morgan fingerprint density at radius 1 is 1.53 bits per heavy atom. The minimum absolute atomic E-state index is 0.0105. The van der Waals surface area contributed by atoms with Crippen molar-refractivity contribution in [3.8, 4) is 0 Å². The molecule has 94 valence electrons. The number of nitrogens with one attached hydrogen (secondary N) is 2. The molecule has 3 atom stereocenters. The molecule has 0 aromatic carbocycles. The zero-order valence-electron chi connectivity index (χ0n) is 11.0. The first-order valence-electron chi connectivity index (χ1n) is 6.36. The standard InChI is InChI=1S/C13H21N3O/c1-5-10-6-11(10)15-8(3)12-7(2)14-9(4)16-13(12)17/h8,10-11,15H,5-6H2,1-4H3,(H,14,16,17). The highest BCUT2D eigenvalue weighted by molar-refractivity contribution is 5.20. The number of hydrogen-bond donors (Lipinski definition) is 2. The van der Waals surface area contributed by atoms with Crippen molar-refractivity contribution in [1.29, 1.82) is 0 Å². The minimum Gasteiger partial charge on any atom is -0.310 e. The molecule has 4 nitrogen and oxygen atoms in total. The van der Waals surface area contributed by atoms with Crippen LogP contribution < -0.4 is 10.9 Å². The van der Waals surface area contributed by atoms with Crippen molar-refractivity contribution < 1.29 is 0 Å². The van der Waals surface area contributed by atoms with E-state index in [4.69, 9.17) is 0 Å². The van der Waals surface area contributed by atoms with E-state index in [2.05, 4.69) is 22.2 Å². The first-order chi connectivity index (χ1) is 8.02. The summed E-state index contributed by atoms with van der Waals surface area (Å²) in [6.07, 6.45) is 2.45. The Morgan fingerprint density at radius 3 is 2.76 bits per heavy atom. The largest absolute Gasteiger partial charge is 0.310 e. The van der Waals surface area contributed by atoms with Gasteiger partial charge < -0.3 is 10.3 Å². The van der Waals surface area contributed by atoms with Crippen LogP contribution in [-0.2, 0) is 0 Å². The second-order valence-electron chi connectivity index (χ2n) is 5.05. The summed E-state index contributed by atoms with van der Waals surface area (Å²) in [4.78, 5) is 19.0. The number of H-pyrrole nitrogens is 1. The Balaban J connectivity index is 2.14. The van der Waals surface area contributed by atoms with Gasteiger partial charge in [-0.05, 0) is 33.1 Å². The van der Waals surface area contributed by atoms with Gasteiger partial charge in [-0.2, -0.15) is 0 Å². The predicted octanol–water partition coefficient (Wildman–Crippen LogP) is 1.84. The summed E-state index contributed by atoms with van der Waals surface area (Å²) in [6, 6.07) is 0.656. The fraction of sp³-hybridized carbons (Fsp3) is 0.692. The summed E-state index contributed by atoms with van der Waals surface area (Å²) in [5.41, 5.74) is 1.60. The average molecular weight is 235 g/mol. The molecular weight excluding hydrogens is 214 g/mol. The summed E-state index contributed by atoms with van der Waals surface area (Å²) < 4.78 is 0. The highest BCUT2D eigenvalue weighted by Gasteiger charge is 2.36. The molecule has 1 aliphatic carbocycles. The van der Waals surface area contributed by atoms with Crippen LogP contribution in [0.4, 0.5) is 0 Å². The Hall–Kier alpha value is -1.16. The van der Waals surface area contributed by atoms with E-state index in [-0.39, 0.29) is 11.6 Å². The topological polar surface area (TPSA) is 57.8 Å². The lowest BCUT2D eigenvalue weighted by Gasteiger charge is -2.15. The molecule has 4 heteroatoms. The SMILES string of the molecule is CCC1CC1NC(C)c1c(C)nc(C)[nH]c1=O. The lowest BCUT2D eigenvalue weighted by molar-refractivity contribution is 0.530. The number of aromatic nitrogens is 2. The molecule has 2 N–H and O–H groups in total. The third-order valence-electron chi connectivity index (χ3n) is 3.61. The zero-order chi connectivity index (χ0) is 12.6. The maximum absolute atomic E-state index is 11.9. The predicted molar refractivity (Wildman–Crippen MR) is 68.1 cm³/mol. The monoisotopic (exact) mass is 235 g/mol. The van der Waals surface area contributed by atoms with Crippen LogP contribution in [0.25, 0.3) is 0 Å². The van der Waals surface area contributed by atoms with Gasteiger partial charge in [0.05, 0.1) is 5.56 Å². The summed E-state index contributed by atoms with van der Waals surface area (Å²) in [5, 5.41) is 3.51. The normalized spacial score (nSPS) is 24.7. The highest BCUT2D eigenvalue weighted by Crippen LogP contribution is 2.34. The van der Waals surface area contributed by atoms with E-state index in [0.29, 0.717) is 11.9 Å². The van der Waals surface area contributed by atoms with Gasteiger partial charge in [-0.15, -0.1) is 0 Å². The molecule has 1 fully saturated rings. The molecule has 0 aliphatic heterocycles. The van der Waals surface area contributed by atoms with E-state index in [1.165, 1.54) is 12.8 Å². The fourth-order valence-corrected chi connectivity index (χ4v) is 2.55. The summed E-state index contributed by atoms with van der Waals surface area (Å²) in [7, 11) is 0. The third-order valence-corrected chi connectivity index (χ3v) is 3.61. The highest BCUT2D eigenvalue weighted by atomic mass is 16.1. The van der Waals surface area contributed by atoms with Crippen molar-refractivity contribution in [2.24, 2.45) is 5.92 Å². The minimum atomic E-state index is -0.0105. The van der Waals surface area contributed by atoms with Crippen molar-refractivity contribution in [1.82, 2.24) is 15.3 Å². The molecule has 0 spiro atoms. The van der Waals surface area contributed by atoms with Crippen molar-refractivity contribution in [3.05, 3.63) is 27.4 Å². The zero-order valence-corrected chi connectivity index (χ0v) is 11.0. The van der Waals surface area contributed by atoms with Gasteiger partial charge >= 0.3 is 0 Å². The second-order valence-corrected chi connectivity index (χ2v) is 5.05. The molecular formula is C13H21N3O. The van der Waals surface area contributed by atoms with Gasteiger partial charge in [0, 0.05) is 17.8 Å². The van der Waals surface area contributed by atoms with Crippen LogP contribution >= 0.6 is 0 Å². The van der Waals surface area contributed by atoms with Crippen molar-refractivity contribution >= 4 is 0 Å². The lowest BCUT2D eigenvalue weighted by Crippen LogP contribution is -2.29. The quantitative estimate of drug-likeness (QED) is 0.837. The van der Waals surface area contributed by atoms with Gasteiger partial charge in [-0.3, -0.25) is 4.79 Å². The molecule has 0 bridgehead atoms. The van der Waals surface area contributed by atoms with E-state index in [9.17, 15) is 4.79 Å². The summed E-state index contributed by atoms with van der Waals surface area (Å²) in [6.45, 7) is 7.96. The van der Waals surface area contributed by atoms with Crippen LogP contribution in [0.1, 0.15) is 49.8 Å². The van der Waals surface area contributed by atoms with Gasteiger partial charge in [-0.1, -0.05) is 13.3 Å². The smallest absolute Gasteiger partial charge is 0.255 e. The third kappa shape index (κ3) is 2.57. The van der Waals surface area contributed by atoms with Crippen molar-refractivity contribution in [2.75, 3.05) is 0 Å². The summed E-state index contributed by atoms with van der Waals surface area (Å²) in [5.74, 6) is 1.47. The molecule has 1 heterocycles.